The molecule has 1 aromatic heterocycles. The molecule has 2 aromatic carbocycles. The van der Waals surface area contributed by atoms with Gasteiger partial charge in [0.2, 0.25) is 11.1 Å². The number of amides is 1. The Bertz CT molecular complexity index is 940. The number of para-hydroxylation sites is 1. The molecular weight excluding hydrogens is 372 g/mol. The number of hydrogen-bond acceptors (Lipinski definition) is 5. The number of aromatic nitrogens is 3. The molecule has 1 atom stereocenters. The largest absolute Gasteiger partial charge is 0.485 e. The summed E-state index contributed by atoms with van der Waals surface area (Å²) < 4.78 is 5.81. The van der Waals surface area contributed by atoms with E-state index in [9.17, 15) is 4.79 Å². The monoisotopic (exact) mass is 394 g/mol. The molecule has 144 valence electrons. The molecule has 1 saturated carbocycles. The van der Waals surface area contributed by atoms with Crippen LogP contribution in [0.2, 0.25) is 0 Å². The van der Waals surface area contributed by atoms with Crippen LogP contribution in [0.15, 0.2) is 59.8 Å². The van der Waals surface area contributed by atoms with Crippen molar-refractivity contribution in [3.8, 4) is 5.75 Å². The molecule has 1 aliphatic rings. The van der Waals surface area contributed by atoms with E-state index in [0.717, 1.165) is 29.7 Å². The highest BCUT2D eigenvalue weighted by molar-refractivity contribution is 8.00. The number of ether oxygens (including phenoxy) is 1. The second-order valence-corrected chi connectivity index (χ2v) is 7.88. The molecule has 0 unspecified atom stereocenters. The fraction of sp³-hybridized carbons (Fsp3) is 0.286. The number of hydrogen-bond donors (Lipinski definition) is 2. The summed E-state index contributed by atoms with van der Waals surface area (Å²) in [4.78, 5) is 17.2. The van der Waals surface area contributed by atoms with Crippen LogP contribution in [0.1, 0.15) is 35.0 Å². The van der Waals surface area contributed by atoms with Crippen LogP contribution in [-0.4, -0.2) is 27.1 Å². The lowest BCUT2D eigenvalue weighted by molar-refractivity contribution is -0.120. The SMILES string of the molecule is Cc1ccccc1OCc1nc(S[C@@H](C(=O)NC2CC2)c2ccccc2)n[nH]1. The Balaban J connectivity index is 1.43. The van der Waals surface area contributed by atoms with Crippen LogP contribution in [0.25, 0.3) is 0 Å². The summed E-state index contributed by atoms with van der Waals surface area (Å²) in [6, 6.07) is 17.9. The van der Waals surface area contributed by atoms with Gasteiger partial charge >= 0.3 is 0 Å². The molecule has 0 saturated heterocycles. The Morgan fingerprint density at radius 1 is 1.21 bits per heavy atom. The fourth-order valence-corrected chi connectivity index (χ4v) is 3.71. The van der Waals surface area contributed by atoms with Gasteiger partial charge in [0.25, 0.3) is 0 Å². The first-order chi connectivity index (χ1) is 13.7. The smallest absolute Gasteiger partial charge is 0.238 e. The minimum atomic E-state index is -0.386. The summed E-state index contributed by atoms with van der Waals surface area (Å²) in [6.45, 7) is 2.29. The second-order valence-electron chi connectivity index (χ2n) is 6.81. The fourth-order valence-electron chi connectivity index (χ4n) is 2.77. The first-order valence-corrected chi connectivity index (χ1v) is 10.2. The van der Waals surface area contributed by atoms with Crippen LogP contribution >= 0.6 is 11.8 Å². The maximum atomic E-state index is 12.7. The van der Waals surface area contributed by atoms with Crippen LogP contribution in [0, 0.1) is 6.92 Å². The summed E-state index contributed by atoms with van der Waals surface area (Å²) in [7, 11) is 0. The molecule has 1 aliphatic carbocycles. The zero-order valence-electron chi connectivity index (χ0n) is 15.6. The third-order valence-corrected chi connectivity index (χ3v) is 5.57. The Kier molecular flexibility index (Phi) is 5.62. The third-order valence-electron chi connectivity index (χ3n) is 4.46. The Morgan fingerprint density at radius 2 is 1.96 bits per heavy atom. The first kappa shape index (κ1) is 18.6. The number of H-pyrrole nitrogens is 1. The van der Waals surface area contributed by atoms with Crippen molar-refractivity contribution >= 4 is 17.7 Å². The average Bonchev–Trinajstić information content (AvgIpc) is 3.41. The van der Waals surface area contributed by atoms with Gasteiger partial charge in [-0.2, -0.15) is 0 Å². The van der Waals surface area contributed by atoms with Crippen molar-refractivity contribution in [2.75, 3.05) is 0 Å². The maximum absolute atomic E-state index is 12.7. The number of carbonyl (C=O) groups is 1. The molecular formula is C21H22N4O2S. The van der Waals surface area contributed by atoms with Crippen molar-refractivity contribution in [1.29, 1.82) is 0 Å². The molecule has 2 N–H and O–H groups in total. The van der Waals surface area contributed by atoms with Gasteiger partial charge in [0.1, 0.15) is 17.6 Å². The van der Waals surface area contributed by atoms with Gasteiger partial charge in [-0.15, -0.1) is 5.10 Å². The van der Waals surface area contributed by atoms with E-state index < -0.39 is 0 Å². The number of thioether (sulfide) groups is 1. The van der Waals surface area contributed by atoms with Crippen molar-refractivity contribution < 1.29 is 9.53 Å². The number of nitrogens with zero attached hydrogens (tertiary/aromatic N) is 2. The van der Waals surface area contributed by atoms with E-state index in [1.54, 1.807) is 0 Å². The van der Waals surface area contributed by atoms with Crippen LogP contribution in [0.5, 0.6) is 5.75 Å². The molecule has 3 aromatic rings. The predicted molar refractivity (Wildman–Crippen MR) is 108 cm³/mol. The molecule has 1 amide bonds. The summed E-state index contributed by atoms with van der Waals surface area (Å²) in [5, 5.41) is 10.4. The zero-order valence-corrected chi connectivity index (χ0v) is 16.4. The summed E-state index contributed by atoms with van der Waals surface area (Å²) in [5.74, 6) is 1.44. The molecule has 0 radical (unpaired) electrons. The molecule has 4 rings (SSSR count). The number of aryl methyl sites for hydroxylation is 1. The van der Waals surface area contributed by atoms with Gasteiger partial charge in [0.05, 0.1) is 0 Å². The van der Waals surface area contributed by atoms with Gasteiger partial charge in [-0.1, -0.05) is 60.3 Å². The molecule has 28 heavy (non-hydrogen) atoms. The van der Waals surface area contributed by atoms with Crippen LogP contribution in [0.3, 0.4) is 0 Å². The van der Waals surface area contributed by atoms with Crippen LogP contribution in [0.4, 0.5) is 0 Å². The summed E-state index contributed by atoms with van der Waals surface area (Å²) in [6.07, 6.45) is 2.11. The number of aromatic amines is 1. The molecule has 1 heterocycles. The lowest BCUT2D eigenvalue weighted by Crippen LogP contribution is -2.29. The first-order valence-electron chi connectivity index (χ1n) is 9.31. The Hall–Kier alpha value is -2.80. The Morgan fingerprint density at radius 3 is 2.71 bits per heavy atom. The molecule has 6 nitrogen and oxygen atoms in total. The van der Waals surface area contributed by atoms with E-state index in [1.165, 1.54) is 11.8 Å². The van der Waals surface area contributed by atoms with E-state index in [4.69, 9.17) is 4.74 Å². The highest BCUT2D eigenvalue weighted by Crippen LogP contribution is 2.34. The van der Waals surface area contributed by atoms with E-state index in [2.05, 4.69) is 20.5 Å². The predicted octanol–water partition coefficient (Wildman–Crippen LogP) is 3.80. The average molecular weight is 395 g/mol. The lowest BCUT2D eigenvalue weighted by atomic mass is 10.1. The molecule has 0 spiro atoms. The van der Waals surface area contributed by atoms with Crippen molar-refractivity contribution in [3.63, 3.8) is 0 Å². The molecule has 7 heteroatoms. The Labute approximate surface area is 168 Å². The van der Waals surface area contributed by atoms with Gasteiger partial charge in [0.15, 0.2) is 5.82 Å². The van der Waals surface area contributed by atoms with Gasteiger partial charge in [-0.25, -0.2) is 4.98 Å². The molecule has 0 aliphatic heterocycles. The van der Waals surface area contributed by atoms with Gasteiger partial charge < -0.3 is 10.1 Å². The van der Waals surface area contributed by atoms with Gasteiger partial charge in [0, 0.05) is 6.04 Å². The minimum absolute atomic E-state index is 0.00112. The summed E-state index contributed by atoms with van der Waals surface area (Å²) >= 11 is 1.34. The van der Waals surface area contributed by atoms with Crippen LogP contribution < -0.4 is 10.1 Å². The van der Waals surface area contributed by atoms with E-state index >= 15 is 0 Å². The highest BCUT2D eigenvalue weighted by atomic mass is 32.2. The maximum Gasteiger partial charge on any atom is 0.238 e. The quantitative estimate of drug-likeness (QED) is 0.568. The lowest BCUT2D eigenvalue weighted by Gasteiger charge is -2.15. The standard InChI is InChI=1S/C21H22N4O2S/c1-14-7-5-6-10-17(14)27-13-18-23-21(25-24-18)28-19(15-8-3-2-4-9-15)20(26)22-16-11-12-16/h2-10,16,19H,11-13H2,1H3,(H,22,26)(H,23,24,25)/t19-/m1/s1. The van der Waals surface area contributed by atoms with Crippen molar-refractivity contribution in [3.05, 3.63) is 71.5 Å². The highest BCUT2D eigenvalue weighted by Gasteiger charge is 2.30. The van der Waals surface area contributed by atoms with Crippen molar-refractivity contribution in [2.24, 2.45) is 0 Å². The number of rotatable bonds is 8. The topological polar surface area (TPSA) is 79.9 Å². The number of carbonyl (C=O) groups excluding carboxylic acids is 1. The number of benzene rings is 2. The zero-order chi connectivity index (χ0) is 19.3. The minimum Gasteiger partial charge on any atom is -0.485 e. The van der Waals surface area contributed by atoms with Gasteiger partial charge in [-0.3, -0.25) is 9.89 Å². The van der Waals surface area contributed by atoms with Crippen LogP contribution in [-0.2, 0) is 11.4 Å². The van der Waals surface area contributed by atoms with Gasteiger partial charge in [-0.05, 0) is 37.0 Å². The normalized spacial score (nSPS) is 14.5. The van der Waals surface area contributed by atoms with E-state index in [-0.39, 0.29) is 11.2 Å². The van der Waals surface area contributed by atoms with E-state index in [0.29, 0.717) is 23.6 Å². The van der Waals surface area contributed by atoms with Crippen molar-refractivity contribution in [2.45, 2.75) is 42.8 Å². The number of nitrogens with one attached hydrogen (secondary N) is 2. The summed E-state index contributed by atoms with van der Waals surface area (Å²) in [5.41, 5.74) is 2.01. The molecule has 0 bridgehead atoms. The van der Waals surface area contributed by atoms with E-state index in [1.807, 2.05) is 61.5 Å². The third kappa shape index (κ3) is 4.72. The molecule has 1 fully saturated rings. The van der Waals surface area contributed by atoms with Crippen molar-refractivity contribution in [1.82, 2.24) is 20.5 Å². The second kappa shape index (κ2) is 8.48.